The number of ether oxygens (including phenoxy) is 3. The minimum atomic E-state index is -0.784. The predicted molar refractivity (Wildman–Crippen MR) is 362 cm³/mol. The summed E-state index contributed by atoms with van der Waals surface area (Å²) in [4.78, 5) is 38.5. The van der Waals surface area contributed by atoms with Crippen LogP contribution in [-0.4, -0.2) is 37.2 Å². The normalized spacial score (nSPS) is 12.5. The second-order valence-electron chi connectivity index (χ2n) is 24.5. The number of unbranched alkanes of at least 4 members (excludes halogenated alkanes) is 44. The van der Waals surface area contributed by atoms with E-state index in [-0.39, 0.29) is 31.1 Å². The van der Waals surface area contributed by atoms with Gasteiger partial charge in [-0.15, -0.1) is 0 Å². The Balaban J connectivity index is 4.38. The first-order chi connectivity index (χ1) is 41.0. The van der Waals surface area contributed by atoms with E-state index in [1.165, 1.54) is 244 Å². The molecule has 0 aromatic rings. The van der Waals surface area contributed by atoms with Gasteiger partial charge in [0.2, 0.25) is 0 Å². The summed E-state index contributed by atoms with van der Waals surface area (Å²) in [7, 11) is 0. The second-order valence-corrected chi connectivity index (χ2v) is 24.5. The summed E-state index contributed by atoms with van der Waals surface area (Å²) in [5.41, 5.74) is 0. The molecule has 0 fully saturated rings. The molecule has 0 bridgehead atoms. The Bertz CT molecular complexity index is 1520. The second kappa shape index (κ2) is 71.3. The van der Waals surface area contributed by atoms with Crippen LogP contribution in [0.25, 0.3) is 0 Å². The van der Waals surface area contributed by atoms with Crippen molar-refractivity contribution in [1.29, 1.82) is 0 Å². The van der Waals surface area contributed by atoms with Gasteiger partial charge in [0.25, 0.3) is 0 Å². The van der Waals surface area contributed by atoms with Crippen molar-refractivity contribution in [3.8, 4) is 0 Å². The molecule has 0 radical (unpaired) electrons. The highest BCUT2D eigenvalue weighted by Gasteiger charge is 2.19. The van der Waals surface area contributed by atoms with Crippen LogP contribution in [0.15, 0.2) is 72.9 Å². The quantitative estimate of drug-likeness (QED) is 0.0261. The molecule has 6 heteroatoms. The summed E-state index contributed by atoms with van der Waals surface area (Å²) in [6.45, 7) is 6.67. The first kappa shape index (κ1) is 79.8. The van der Waals surface area contributed by atoms with Gasteiger partial charge in [-0.05, 0) is 96.3 Å². The molecule has 6 nitrogen and oxygen atoms in total. The Morgan fingerprint density at radius 2 is 0.434 bits per heavy atom. The SMILES string of the molecule is CCCCCCC/C=C\C/C=C\C/C=C\CCCCCCCCCCC(=O)OCC(COC(=O)CCCCCCCCCCCCCCCCCCCCC)OC(=O)CCCCCCCCCC/C=C\C/C=C\C/C=C\CCCCCCC. The zero-order chi connectivity index (χ0) is 59.9. The van der Waals surface area contributed by atoms with E-state index in [0.29, 0.717) is 19.3 Å². The standard InChI is InChI=1S/C77H138O6/c1-4-7-10-13-16-19-22-25-28-31-34-36-38-40-43-46-49-52-55-58-61-64-67-70-76(79)82-73-74(72-81-75(78)69-66-63-60-57-54-51-48-45-42-33-30-27-24-21-18-15-12-9-6-3)83-77(80)71-68-65-62-59-56-53-50-47-44-41-39-37-35-32-29-26-23-20-17-14-11-8-5-2/h22-23,25-26,31-32,34-35,38-41,74H,4-21,24,27-30,33,36-37,42-73H2,1-3H3/b25-22-,26-23-,34-31-,35-32-,40-38-,41-39-. The molecule has 1 atom stereocenters. The monoisotopic (exact) mass is 1160 g/mol. The lowest BCUT2D eigenvalue weighted by molar-refractivity contribution is -0.167. The predicted octanol–water partition coefficient (Wildman–Crippen LogP) is 25.2. The number of carbonyl (C=O) groups is 3. The number of hydrogen-bond donors (Lipinski definition) is 0. The van der Waals surface area contributed by atoms with Crippen LogP contribution in [0, 0.1) is 0 Å². The number of carbonyl (C=O) groups excluding carboxylic acids is 3. The fraction of sp³-hybridized carbons (Fsp3) is 0.805. The van der Waals surface area contributed by atoms with Crippen molar-refractivity contribution < 1.29 is 28.6 Å². The largest absolute Gasteiger partial charge is 0.462 e. The average Bonchev–Trinajstić information content (AvgIpc) is 3.49. The molecule has 0 N–H and O–H groups in total. The van der Waals surface area contributed by atoms with Gasteiger partial charge in [-0.3, -0.25) is 14.4 Å². The van der Waals surface area contributed by atoms with Crippen LogP contribution in [0.5, 0.6) is 0 Å². The van der Waals surface area contributed by atoms with E-state index < -0.39 is 6.10 Å². The summed E-state index contributed by atoms with van der Waals surface area (Å²) in [5.74, 6) is -0.868. The molecule has 0 aromatic heterocycles. The van der Waals surface area contributed by atoms with Crippen molar-refractivity contribution in [2.24, 2.45) is 0 Å². The lowest BCUT2D eigenvalue weighted by Gasteiger charge is -2.18. The zero-order valence-corrected chi connectivity index (χ0v) is 55.5. The third-order valence-corrected chi connectivity index (χ3v) is 16.2. The topological polar surface area (TPSA) is 78.9 Å². The van der Waals surface area contributed by atoms with Crippen LogP contribution in [0.1, 0.15) is 380 Å². The summed E-state index contributed by atoms with van der Waals surface area (Å²) in [6.07, 6.45) is 93.5. The van der Waals surface area contributed by atoms with Gasteiger partial charge in [0, 0.05) is 19.3 Å². The smallest absolute Gasteiger partial charge is 0.306 e. The Labute approximate surface area is 516 Å². The third kappa shape index (κ3) is 69.5. The Morgan fingerprint density at radius 1 is 0.241 bits per heavy atom. The number of allylic oxidation sites excluding steroid dienone is 12. The zero-order valence-electron chi connectivity index (χ0n) is 55.5. The molecular formula is C77H138O6. The maximum absolute atomic E-state index is 13.0. The Hall–Kier alpha value is -3.15. The van der Waals surface area contributed by atoms with Gasteiger partial charge in [0.15, 0.2) is 6.10 Å². The summed E-state index contributed by atoms with van der Waals surface area (Å²) in [6, 6.07) is 0. The number of hydrogen-bond acceptors (Lipinski definition) is 6. The Morgan fingerprint density at radius 3 is 0.675 bits per heavy atom. The van der Waals surface area contributed by atoms with Crippen LogP contribution < -0.4 is 0 Å². The van der Waals surface area contributed by atoms with Crippen LogP contribution in [0.2, 0.25) is 0 Å². The lowest BCUT2D eigenvalue weighted by Crippen LogP contribution is -2.30. The van der Waals surface area contributed by atoms with Gasteiger partial charge >= 0.3 is 17.9 Å². The highest BCUT2D eigenvalue weighted by atomic mass is 16.6. The minimum absolute atomic E-state index is 0.0773. The molecule has 0 aliphatic rings. The molecule has 0 saturated heterocycles. The maximum Gasteiger partial charge on any atom is 0.306 e. The summed E-state index contributed by atoms with van der Waals surface area (Å²) < 4.78 is 17.0. The number of esters is 3. The van der Waals surface area contributed by atoms with Gasteiger partial charge < -0.3 is 14.2 Å². The Kier molecular flexibility index (Phi) is 68.6. The van der Waals surface area contributed by atoms with Crippen molar-refractivity contribution in [3.05, 3.63) is 72.9 Å². The van der Waals surface area contributed by atoms with Crippen LogP contribution >= 0.6 is 0 Å². The number of rotatable bonds is 67. The molecule has 0 saturated carbocycles. The van der Waals surface area contributed by atoms with Crippen molar-refractivity contribution in [2.45, 2.75) is 386 Å². The third-order valence-electron chi connectivity index (χ3n) is 16.2. The van der Waals surface area contributed by atoms with E-state index in [1.807, 2.05) is 0 Å². The van der Waals surface area contributed by atoms with Crippen molar-refractivity contribution in [2.75, 3.05) is 13.2 Å². The van der Waals surface area contributed by atoms with E-state index in [1.54, 1.807) is 0 Å². The van der Waals surface area contributed by atoms with Crippen LogP contribution in [-0.2, 0) is 28.6 Å². The van der Waals surface area contributed by atoms with Gasteiger partial charge in [-0.2, -0.15) is 0 Å². The fourth-order valence-electron chi connectivity index (χ4n) is 10.7. The van der Waals surface area contributed by atoms with E-state index in [2.05, 4.69) is 93.7 Å². The maximum atomic E-state index is 13.0. The minimum Gasteiger partial charge on any atom is -0.462 e. The molecule has 0 aliphatic carbocycles. The van der Waals surface area contributed by atoms with Crippen LogP contribution in [0.4, 0.5) is 0 Å². The molecule has 482 valence electrons. The van der Waals surface area contributed by atoms with Crippen molar-refractivity contribution in [1.82, 2.24) is 0 Å². The van der Waals surface area contributed by atoms with Crippen molar-refractivity contribution >= 4 is 17.9 Å². The van der Waals surface area contributed by atoms with E-state index >= 15 is 0 Å². The molecule has 0 rings (SSSR count). The van der Waals surface area contributed by atoms with Gasteiger partial charge in [0.1, 0.15) is 13.2 Å². The molecule has 1 unspecified atom stereocenters. The van der Waals surface area contributed by atoms with Gasteiger partial charge in [-0.1, -0.05) is 338 Å². The molecule has 0 spiro atoms. The fourth-order valence-corrected chi connectivity index (χ4v) is 10.7. The van der Waals surface area contributed by atoms with Crippen LogP contribution in [0.3, 0.4) is 0 Å². The summed E-state index contributed by atoms with van der Waals surface area (Å²) in [5, 5.41) is 0. The average molecular weight is 1160 g/mol. The van der Waals surface area contributed by atoms with Gasteiger partial charge in [0.05, 0.1) is 0 Å². The van der Waals surface area contributed by atoms with E-state index in [0.717, 1.165) is 96.3 Å². The first-order valence-corrected chi connectivity index (χ1v) is 36.4. The van der Waals surface area contributed by atoms with Gasteiger partial charge in [-0.25, -0.2) is 0 Å². The summed E-state index contributed by atoms with van der Waals surface area (Å²) >= 11 is 0. The molecule has 83 heavy (non-hydrogen) atoms. The molecular weight excluding hydrogens is 1020 g/mol. The first-order valence-electron chi connectivity index (χ1n) is 36.4. The molecule has 0 amide bonds. The highest BCUT2D eigenvalue weighted by molar-refractivity contribution is 5.71. The van der Waals surface area contributed by atoms with E-state index in [4.69, 9.17) is 14.2 Å². The lowest BCUT2D eigenvalue weighted by atomic mass is 10.0. The molecule has 0 aromatic carbocycles. The molecule has 0 heterocycles. The molecule has 0 aliphatic heterocycles. The van der Waals surface area contributed by atoms with Crippen molar-refractivity contribution in [3.63, 3.8) is 0 Å². The highest BCUT2D eigenvalue weighted by Crippen LogP contribution is 2.18. The van der Waals surface area contributed by atoms with E-state index in [9.17, 15) is 14.4 Å².